The van der Waals surface area contributed by atoms with Crippen molar-refractivity contribution in [2.75, 3.05) is 6.54 Å². The number of carboxylic acid groups (broad SMARTS) is 1. The lowest BCUT2D eigenvalue weighted by molar-refractivity contribution is -0.140. The number of carbonyl (C=O) groups excluding carboxylic acids is 3. The van der Waals surface area contributed by atoms with Crippen molar-refractivity contribution in [2.45, 2.75) is 96.0 Å². The highest BCUT2D eigenvalue weighted by atomic mass is 16.4. The molecule has 2 amide bonds. The summed E-state index contributed by atoms with van der Waals surface area (Å²) in [6.07, 6.45) is 3.58. The standard InChI is InChI=1S/C26H42N4O7/c1-4-6-10-18-19(11-7-12-21(18)32)24(35)28-20(9-5-2)25(36)29-22(13-8-14-27)26(3,37)30-17(16-31)15-23(33)34/h7,11-12,16-17,20,22,30,32,37H,4-6,8-10,13-15,27H2,1-3H3,(H,28,35)(H,29,36)(H,33,34). The Kier molecular flexibility index (Phi) is 13.8. The molecular formula is C26H42N4O7. The average Bonchev–Trinajstić information content (AvgIpc) is 2.84. The molecule has 11 heteroatoms. The lowest BCUT2D eigenvalue weighted by Crippen LogP contribution is -2.64. The molecule has 0 heterocycles. The van der Waals surface area contributed by atoms with Crippen LogP contribution in [0.5, 0.6) is 5.75 Å². The quantitative estimate of drug-likeness (QED) is 0.110. The van der Waals surface area contributed by atoms with Crippen LogP contribution in [0.15, 0.2) is 18.2 Å². The molecule has 0 aliphatic rings. The van der Waals surface area contributed by atoms with Crippen molar-refractivity contribution in [1.82, 2.24) is 16.0 Å². The van der Waals surface area contributed by atoms with Crippen LogP contribution in [0.2, 0.25) is 0 Å². The molecule has 0 aliphatic heterocycles. The van der Waals surface area contributed by atoms with E-state index in [9.17, 15) is 29.4 Å². The number of rotatable bonds is 18. The van der Waals surface area contributed by atoms with Gasteiger partial charge in [-0.1, -0.05) is 32.8 Å². The van der Waals surface area contributed by atoms with Crippen molar-refractivity contribution in [3.8, 4) is 5.75 Å². The fourth-order valence-electron chi connectivity index (χ4n) is 4.08. The van der Waals surface area contributed by atoms with Crippen LogP contribution in [0.25, 0.3) is 0 Å². The molecule has 1 aromatic carbocycles. The molecule has 0 fully saturated rings. The summed E-state index contributed by atoms with van der Waals surface area (Å²) < 4.78 is 0. The second-order valence-corrected chi connectivity index (χ2v) is 9.35. The first-order valence-corrected chi connectivity index (χ1v) is 12.8. The molecule has 0 bridgehead atoms. The Morgan fingerprint density at radius 3 is 2.38 bits per heavy atom. The van der Waals surface area contributed by atoms with E-state index in [2.05, 4.69) is 16.0 Å². The third-order valence-corrected chi connectivity index (χ3v) is 6.10. The van der Waals surface area contributed by atoms with Crippen molar-refractivity contribution in [2.24, 2.45) is 5.73 Å². The van der Waals surface area contributed by atoms with Crippen LogP contribution in [-0.2, 0) is 20.8 Å². The maximum Gasteiger partial charge on any atom is 0.305 e. The summed E-state index contributed by atoms with van der Waals surface area (Å²) in [5.41, 5.74) is 4.58. The fourth-order valence-corrected chi connectivity index (χ4v) is 4.08. The van der Waals surface area contributed by atoms with Crippen LogP contribution in [0.4, 0.5) is 0 Å². The van der Waals surface area contributed by atoms with E-state index >= 15 is 0 Å². The summed E-state index contributed by atoms with van der Waals surface area (Å²) in [5.74, 6) is -2.25. The topological polar surface area (TPSA) is 191 Å². The van der Waals surface area contributed by atoms with Gasteiger partial charge in [-0.15, -0.1) is 0 Å². The summed E-state index contributed by atoms with van der Waals surface area (Å²) in [4.78, 5) is 48.8. The van der Waals surface area contributed by atoms with E-state index in [0.717, 1.165) is 12.8 Å². The predicted octanol–water partition coefficient (Wildman–Crippen LogP) is 1.20. The number of aromatic hydroxyl groups is 1. The Labute approximate surface area is 218 Å². The molecule has 0 saturated heterocycles. The van der Waals surface area contributed by atoms with Gasteiger partial charge in [0.1, 0.15) is 23.8 Å². The van der Waals surface area contributed by atoms with Gasteiger partial charge in [0.25, 0.3) is 5.91 Å². The highest BCUT2D eigenvalue weighted by Gasteiger charge is 2.36. The number of benzene rings is 1. The molecule has 37 heavy (non-hydrogen) atoms. The second-order valence-electron chi connectivity index (χ2n) is 9.35. The van der Waals surface area contributed by atoms with E-state index in [-0.39, 0.29) is 24.3 Å². The minimum atomic E-state index is -1.84. The zero-order chi connectivity index (χ0) is 28.0. The van der Waals surface area contributed by atoms with Crippen LogP contribution in [0, 0.1) is 0 Å². The van der Waals surface area contributed by atoms with Crippen LogP contribution < -0.4 is 21.7 Å². The highest BCUT2D eigenvalue weighted by Crippen LogP contribution is 2.23. The number of aliphatic carboxylic acids is 1. The number of carbonyl (C=O) groups is 4. The summed E-state index contributed by atoms with van der Waals surface area (Å²) >= 11 is 0. The summed E-state index contributed by atoms with van der Waals surface area (Å²) in [6, 6.07) is 1.64. The van der Waals surface area contributed by atoms with Gasteiger partial charge in [0.05, 0.1) is 18.5 Å². The van der Waals surface area contributed by atoms with Crippen molar-refractivity contribution < 1.29 is 34.5 Å². The van der Waals surface area contributed by atoms with Crippen LogP contribution in [0.3, 0.4) is 0 Å². The largest absolute Gasteiger partial charge is 0.508 e. The number of phenols is 1. The van der Waals surface area contributed by atoms with Gasteiger partial charge in [-0.25, -0.2) is 0 Å². The summed E-state index contributed by atoms with van der Waals surface area (Å²) in [5, 5.41) is 38.4. The van der Waals surface area contributed by atoms with E-state index in [4.69, 9.17) is 10.8 Å². The molecule has 0 radical (unpaired) electrons. The number of carboxylic acids is 1. The molecule has 11 nitrogen and oxygen atoms in total. The minimum absolute atomic E-state index is 0.0210. The smallest absolute Gasteiger partial charge is 0.305 e. The van der Waals surface area contributed by atoms with E-state index in [1.165, 1.54) is 13.0 Å². The number of phenolic OH excluding ortho intramolecular Hbond substituents is 1. The van der Waals surface area contributed by atoms with Crippen LogP contribution in [0.1, 0.15) is 81.6 Å². The molecule has 8 N–H and O–H groups in total. The monoisotopic (exact) mass is 522 g/mol. The number of aliphatic hydroxyl groups is 1. The SMILES string of the molecule is CCCCc1c(O)cccc1C(=O)NC(CCC)C(=O)NC(CCCN)C(C)(O)NC(C=O)CC(=O)O. The zero-order valence-corrected chi connectivity index (χ0v) is 22.0. The molecule has 0 aliphatic carbocycles. The van der Waals surface area contributed by atoms with E-state index < -0.39 is 48.1 Å². The van der Waals surface area contributed by atoms with Gasteiger partial charge < -0.3 is 36.5 Å². The first kappa shape index (κ1) is 32.0. The molecular weight excluding hydrogens is 480 g/mol. The molecule has 0 aromatic heterocycles. The predicted molar refractivity (Wildman–Crippen MR) is 139 cm³/mol. The second kappa shape index (κ2) is 16.0. The number of hydrogen-bond donors (Lipinski definition) is 7. The summed E-state index contributed by atoms with van der Waals surface area (Å²) in [7, 11) is 0. The lowest BCUT2D eigenvalue weighted by atomic mass is 9.97. The molecule has 0 spiro atoms. The van der Waals surface area contributed by atoms with Crippen molar-refractivity contribution in [1.29, 1.82) is 0 Å². The molecule has 1 rings (SSSR count). The molecule has 1 aromatic rings. The number of nitrogens with two attached hydrogens (primary N) is 1. The van der Waals surface area contributed by atoms with E-state index in [0.29, 0.717) is 37.5 Å². The van der Waals surface area contributed by atoms with Gasteiger partial charge >= 0.3 is 5.97 Å². The summed E-state index contributed by atoms with van der Waals surface area (Å²) in [6.45, 7) is 5.48. The van der Waals surface area contributed by atoms with E-state index in [1.54, 1.807) is 12.1 Å². The van der Waals surface area contributed by atoms with Gasteiger partial charge in [0.2, 0.25) is 5.91 Å². The maximum atomic E-state index is 13.3. The Hall–Kier alpha value is -3.02. The van der Waals surface area contributed by atoms with Crippen LogP contribution >= 0.6 is 0 Å². The minimum Gasteiger partial charge on any atom is -0.508 e. The van der Waals surface area contributed by atoms with Gasteiger partial charge in [0, 0.05) is 11.1 Å². The Balaban J connectivity index is 3.12. The lowest BCUT2D eigenvalue weighted by Gasteiger charge is -2.37. The maximum absolute atomic E-state index is 13.3. The van der Waals surface area contributed by atoms with Crippen molar-refractivity contribution in [3.05, 3.63) is 29.3 Å². The van der Waals surface area contributed by atoms with Crippen LogP contribution in [-0.4, -0.2) is 69.8 Å². The number of hydrogen-bond acceptors (Lipinski definition) is 8. The zero-order valence-electron chi connectivity index (χ0n) is 22.0. The number of aldehydes is 1. The number of unbranched alkanes of at least 4 members (excludes halogenated alkanes) is 1. The average molecular weight is 523 g/mol. The molecule has 0 saturated carbocycles. The Morgan fingerprint density at radius 2 is 1.81 bits per heavy atom. The fraction of sp³-hybridized carbons (Fsp3) is 0.615. The molecule has 208 valence electrons. The Morgan fingerprint density at radius 1 is 1.11 bits per heavy atom. The molecule has 4 atom stereocenters. The van der Waals surface area contributed by atoms with Gasteiger partial charge in [-0.2, -0.15) is 0 Å². The van der Waals surface area contributed by atoms with Crippen molar-refractivity contribution >= 4 is 24.1 Å². The molecule has 4 unspecified atom stereocenters. The number of amides is 2. The number of nitrogens with one attached hydrogen (secondary N) is 3. The van der Waals surface area contributed by atoms with Gasteiger partial charge in [-0.3, -0.25) is 19.7 Å². The van der Waals surface area contributed by atoms with Gasteiger partial charge in [0.15, 0.2) is 0 Å². The first-order chi connectivity index (χ1) is 17.5. The third kappa shape index (κ3) is 10.5. The van der Waals surface area contributed by atoms with Gasteiger partial charge in [-0.05, 0) is 57.7 Å². The normalized spacial score (nSPS) is 15.2. The third-order valence-electron chi connectivity index (χ3n) is 6.10. The van der Waals surface area contributed by atoms with E-state index in [1.807, 2.05) is 13.8 Å². The first-order valence-electron chi connectivity index (χ1n) is 12.8. The highest BCUT2D eigenvalue weighted by molar-refractivity contribution is 5.99. The van der Waals surface area contributed by atoms with Crippen molar-refractivity contribution in [3.63, 3.8) is 0 Å². The Bertz CT molecular complexity index is 907.